The van der Waals surface area contributed by atoms with Gasteiger partial charge >= 0.3 is 11.9 Å². The number of nitrogens with one attached hydrogen (secondary N) is 1. The van der Waals surface area contributed by atoms with E-state index >= 15 is 0 Å². The van der Waals surface area contributed by atoms with E-state index < -0.39 is 11.9 Å². The first-order chi connectivity index (χ1) is 8.47. The molecule has 0 amide bonds. The third-order valence-corrected chi connectivity index (χ3v) is 1.76. The van der Waals surface area contributed by atoms with E-state index in [0.717, 1.165) is 0 Å². The van der Waals surface area contributed by atoms with Gasteiger partial charge in [-0.25, -0.2) is 9.59 Å². The number of carboxylic acids is 2. The summed E-state index contributed by atoms with van der Waals surface area (Å²) in [4.78, 5) is 18.2. The minimum Gasteiger partial charge on any atom is -0.494 e. The normalized spacial score (nSPS) is 8.61. The van der Waals surface area contributed by atoms with E-state index in [0.29, 0.717) is 17.2 Å². The van der Waals surface area contributed by atoms with Crippen molar-refractivity contribution in [3.8, 4) is 11.5 Å². The molecule has 0 aliphatic heterocycles. The van der Waals surface area contributed by atoms with Crippen LogP contribution in [0.2, 0.25) is 0 Å². The van der Waals surface area contributed by atoms with Crippen molar-refractivity contribution in [3.63, 3.8) is 0 Å². The van der Waals surface area contributed by atoms with Gasteiger partial charge in [0.1, 0.15) is 17.2 Å². The lowest BCUT2D eigenvalue weighted by Crippen LogP contribution is -2.09. The highest BCUT2D eigenvalue weighted by Crippen LogP contribution is 2.32. The number of hydrogen-bond acceptors (Lipinski definition) is 6. The van der Waals surface area contributed by atoms with E-state index in [2.05, 4.69) is 5.43 Å². The second kappa shape index (κ2) is 7.74. The topological polar surface area (TPSA) is 131 Å². The second-order valence-electron chi connectivity index (χ2n) is 2.79. The molecule has 18 heavy (non-hydrogen) atoms. The first-order valence-corrected chi connectivity index (χ1v) is 4.61. The van der Waals surface area contributed by atoms with Gasteiger partial charge in [-0.2, -0.15) is 0 Å². The molecule has 1 rings (SSSR count). The average molecular weight is 258 g/mol. The molecule has 0 aliphatic carbocycles. The number of carbonyl (C=O) groups is 2. The Hall–Kier alpha value is -2.48. The fourth-order valence-electron chi connectivity index (χ4n) is 0.993. The third-order valence-electron chi connectivity index (χ3n) is 1.76. The van der Waals surface area contributed by atoms with Gasteiger partial charge in [0.05, 0.1) is 14.2 Å². The number of ether oxygens (including phenoxy) is 2. The van der Waals surface area contributed by atoms with E-state index in [9.17, 15) is 0 Å². The fraction of sp³-hybridized carbons (Fsp3) is 0.200. The number of anilines is 1. The minimum atomic E-state index is -1.82. The second-order valence-corrected chi connectivity index (χ2v) is 2.79. The highest BCUT2D eigenvalue weighted by Gasteiger charge is 2.06. The maximum atomic E-state index is 9.10. The first kappa shape index (κ1) is 15.5. The van der Waals surface area contributed by atoms with E-state index in [4.69, 9.17) is 35.1 Å². The number of rotatable bonds is 3. The molecule has 0 unspecified atom stereocenters. The minimum absolute atomic E-state index is 0.655. The van der Waals surface area contributed by atoms with Crippen LogP contribution in [-0.4, -0.2) is 36.4 Å². The Morgan fingerprint density at radius 1 is 1.11 bits per heavy atom. The Morgan fingerprint density at radius 3 is 1.72 bits per heavy atom. The van der Waals surface area contributed by atoms with Crippen molar-refractivity contribution in [2.45, 2.75) is 0 Å². The molecule has 0 aromatic heterocycles. The molecule has 0 bridgehead atoms. The van der Waals surface area contributed by atoms with Crippen LogP contribution in [0.25, 0.3) is 0 Å². The summed E-state index contributed by atoms with van der Waals surface area (Å²) in [5.74, 6) is 2.97. The van der Waals surface area contributed by atoms with Crippen LogP contribution in [0.4, 0.5) is 5.69 Å². The van der Waals surface area contributed by atoms with E-state index in [1.54, 1.807) is 26.4 Å². The van der Waals surface area contributed by atoms with E-state index in [-0.39, 0.29) is 0 Å². The quantitative estimate of drug-likeness (QED) is 0.342. The zero-order valence-corrected chi connectivity index (χ0v) is 9.84. The van der Waals surface area contributed by atoms with Gasteiger partial charge in [0.2, 0.25) is 0 Å². The molecular weight excluding hydrogens is 244 g/mol. The highest BCUT2D eigenvalue weighted by molar-refractivity contribution is 6.27. The summed E-state index contributed by atoms with van der Waals surface area (Å²) in [5.41, 5.74) is 3.17. The van der Waals surface area contributed by atoms with Crippen LogP contribution in [0.15, 0.2) is 18.2 Å². The lowest BCUT2D eigenvalue weighted by Gasteiger charge is -2.11. The molecule has 100 valence electrons. The number of methoxy groups -OCH3 is 2. The molecule has 0 radical (unpaired) electrons. The molecule has 5 N–H and O–H groups in total. The van der Waals surface area contributed by atoms with E-state index in [1.807, 2.05) is 6.07 Å². The van der Waals surface area contributed by atoms with Gasteiger partial charge in [-0.05, 0) is 12.1 Å². The van der Waals surface area contributed by atoms with Crippen LogP contribution in [0.5, 0.6) is 11.5 Å². The molecule has 0 saturated heterocycles. The van der Waals surface area contributed by atoms with Gasteiger partial charge in [0.25, 0.3) is 0 Å². The molecule has 1 aromatic rings. The van der Waals surface area contributed by atoms with Crippen molar-refractivity contribution >= 4 is 17.6 Å². The summed E-state index contributed by atoms with van der Waals surface area (Å²) < 4.78 is 10.1. The Bertz CT molecular complexity index is 387. The lowest BCUT2D eigenvalue weighted by atomic mass is 10.3. The Labute approximate surface area is 103 Å². The van der Waals surface area contributed by atoms with Crippen molar-refractivity contribution in [2.75, 3.05) is 19.6 Å². The average Bonchev–Trinajstić information content (AvgIpc) is 2.37. The predicted molar refractivity (Wildman–Crippen MR) is 62.6 cm³/mol. The van der Waals surface area contributed by atoms with Crippen LogP contribution in [0, 0.1) is 0 Å². The number of hydrogen-bond donors (Lipinski definition) is 4. The summed E-state index contributed by atoms with van der Waals surface area (Å²) in [6.07, 6.45) is 0. The molecular formula is C10H14N2O6. The lowest BCUT2D eigenvalue weighted by molar-refractivity contribution is -0.159. The van der Waals surface area contributed by atoms with Crippen LogP contribution in [0.1, 0.15) is 0 Å². The molecule has 0 fully saturated rings. The number of benzene rings is 1. The van der Waals surface area contributed by atoms with Crippen molar-refractivity contribution in [1.82, 2.24) is 0 Å². The maximum absolute atomic E-state index is 9.10. The van der Waals surface area contributed by atoms with Crippen molar-refractivity contribution in [3.05, 3.63) is 18.2 Å². The van der Waals surface area contributed by atoms with Gasteiger partial charge < -0.3 is 25.1 Å². The maximum Gasteiger partial charge on any atom is 0.414 e. The van der Waals surface area contributed by atoms with Crippen LogP contribution >= 0.6 is 0 Å². The smallest absolute Gasteiger partial charge is 0.414 e. The third kappa shape index (κ3) is 4.58. The van der Waals surface area contributed by atoms with Crippen LogP contribution in [-0.2, 0) is 9.59 Å². The zero-order chi connectivity index (χ0) is 14.1. The Balaban J connectivity index is 0.000000411. The number of nitrogens with two attached hydrogens (primary N) is 1. The number of carboxylic acid groups (broad SMARTS) is 2. The molecule has 0 spiro atoms. The van der Waals surface area contributed by atoms with Crippen LogP contribution in [0.3, 0.4) is 0 Å². The van der Waals surface area contributed by atoms with Gasteiger partial charge in [0.15, 0.2) is 0 Å². The predicted octanol–water partition coefficient (Wildman–Crippen LogP) is 0.145. The number of nitrogen functional groups attached to an aromatic ring is 1. The van der Waals surface area contributed by atoms with Crippen molar-refractivity contribution in [1.29, 1.82) is 0 Å². The molecule has 0 aliphatic rings. The Morgan fingerprint density at radius 2 is 1.50 bits per heavy atom. The molecule has 8 heteroatoms. The van der Waals surface area contributed by atoms with Gasteiger partial charge in [-0.1, -0.05) is 6.07 Å². The van der Waals surface area contributed by atoms with Gasteiger partial charge in [-0.15, -0.1) is 0 Å². The molecule has 1 aromatic carbocycles. The SMILES string of the molecule is COc1cccc(OC)c1NN.O=C(O)C(=O)O. The number of hydrazine groups is 1. The summed E-state index contributed by atoms with van der Waals surface area (Å²) in [6, 6.07) is 5.44. The summed E-state index contributed by atoms with van der Waals surface area (Å²) >= 11 is 0. The molecule has 0 atom stereocenters. The summed E-state index contributed by atoms with van der Waals surface area (Å²) in [6.45, 7) is 0. The van der Waals surface area contributed by atoms with Crippen LogP contribution < -0.4 is 20.7 Å². The zero-order valence-electron chi connectivity index (χ0n) is 9.84. The standard InChI is InChI=1S/C8H12N2O2.C2H2O4/c1-11-6-4-3-5-7(12-2)8(6)10-9;3-1(4)2(5)6/h3-5,10H,9H2,1-2H3;(H,3,4)(H,5,6). The van der Waals surface area contributed by atoms with Crippen molar-refractivity contribution in [2.24, 2.45) is 5.84 Å². The fourth-order valence-corrected chi connectivity index (χ4v) is 0.993. The first-order valence-electron chi connectivity index (χ1n) is 4.61. The van der Waals surface area contributed by atoms with E-state index in [1.165, 1.54) is 0 Å². The number of para-hydroxylation sites is 1. The largest absolute Gasteiger partial charge is 0.494 e. The van der Waals surface area contributed by atoms with Crippen molar-refractivity contribution < 1.29 is 29.3 Å². The summed E-state index contributed by atoms with van der Waals surface area (Å²) in [7, 11) is 3.16. The molecule has 8 nitrogen and oxygen atoms in total. The monoisotopic (exact) mass is 258 g/mol. The Kier molecular flexibility index (Phi) is 6.67. The van der Waals surface area contributed by atoms with Gasteiger partial charge in [0, 0.05) is 0 Å². The summed E-state index contributed by atoms with van der Waals surface area (Å²) in [5, 5.41) is 14.8. The number of aliphatic carboxylic acids is 2. The highest BCUT2D eigenvalue weighted by atomic mass is 16.5. The van der Waals surface area contributed by atoms with Gasteiger partial charge in [-0.3, -0.25) is 5.84 Å². The molecule has 0 saturated carbocycles. The molecule has 0 heterocycles.